The van der Waals surface area contributed by atoms with Gasteiger partial charge in [-0.1, -0.05) is 12.1 Å². The van der Waals surface area contributed by atoms with Crippen LogP contribution in [0.4, 0.5) is 4.39 Å². The van der Waals surface area contributed by atoms with Crippen LogP contribution >= 0.6 is 31.9 Å². The van der Waals surface area contributed by atoms with Gasteiger partial charge in [0, 0.05) is 5.56 Å². The molecular formula is C12H8Br2FNO2. The number of esters is 1. The van der Waals surface area contributed by atoms with Crippen molar-refractivity contribution in [3.05, 3.63) is 44.9 Å². The molecule has 1 N–H and O–H groups in total. The van der Waals surface area contributed by atoms with Crippen LogP contribution in [0.1, 0.15) is 10.5 Å². The molecule has 0 radical (unpaired) electrons. The molecular weight excluding hydrogens is 369 g/mol. The van der Waals surface area contributed by atoms with E-state index in [0.29, 0.717) is 14.8 Å². The third-order valence-corrected chi connectivity index (χ3v) is 3.80. The largest absolute Gasteiger partial charge is 0.464 e. The van der Waals surface area contributed by atoms with Crippen LogP contribution in [0, 0.1) is 5.82 Å². The molecule has 6 heteroatoms. The number of hydrogen-bond donors (Lipinski definition) is 1. The summed E-state index contributed by atoms with van der Waals surface area (Å²) in [7, 11) is 1.31. The SMILES string of the molecule is COC(=O)c1[nH]c(Br)c(-c2ccc(F)cc2)c1Br. The number of benzene rings is 1. The van der Waals surface area contributed by atoms with Gasteiger partial charge >= 0.3 is 5.97 Å². The maximum absolute atomic E-state index is 12.9. The number of ether oxygens (including phenoxy) is 1. The molecule has 0 aliphatic rings. The van der Waals surface area contributed by atoms with Gasteiger partial charge in [-0.05, 0) is 49.6 Å². The molecule has 94 valence electrons. The second-order valence-electron chi connectivity index (χ2n) is 3.50. The molecule has 0 saturated heterocycles. The average molecular weight is 377 g/mol. The maximum Gasteiger partial charge on any atom is 0.355 e. The highest BCUT2D eigenvalue weighted by atomic mass is 79.9. The van der Waals surface area contributed by atoms with Gasteiger partial charge in [0.15, 0.2) is 0 Å². The zero-order chi connectivity index (χ0) is 13.3. The van der Waals surface area contributed by atoms with Crippen molar-refractivity contribution in [1.82, 2.24) is 4.98 Å². The topological polar surface area (TPSA) is 42.1 Å². The fraction of sp³-hybridized carbons (Fsp3) is 0.0833. The number of carbonyl (C=O) groups excluding carboxylic acids is 1. The normalized spacial score (nSPS) is 10.4. The minimum absolute atomic E-state index is 0.309. The van der Waals surface area contributed by atoms with Gasteiger partial charge in [-0.3, -0.25) is 0 Å². The van der Waals surface area contributed by atoms with E-state index >= 15 is 0 Å². The lowest BCUT2D eigenvalue weighted by molar-refractivity contribution is 0.0593. The first kappa shape index (κ1) is 13.3. The van der Waals surface area contributed by atoms with Crippen molar-refractivity contribution in [3.63, 3.8) is 0 Å². The third-order valence-electron chi connectivity index (χ3n) is 2.42. The maximum atomic E-state index is 12.9. The number of aromatic amines is 1. The number of nitrogens with one attached hydrogen (secondary N) is 1. The van der Waals surface area contributed by atoms with E-state index < -0.39 is 5.97 Å². The lowest BCUT2D eigenvalue weighted by atomic mass is 10.1. The molecule has 1 aromatic carbocycles. The van der Waals surface area contributed by atoms with Gasteiger partial charge in [-0.2, -0.15) is 0 Å². The molecule has 0 unspecified atom stereocenters. The van der Waals surface area contributed by atoms with Crippen molar-refractivity contribution < 1.29 is 13.9 Å². The number of halogens is 3. The molecule has 0 amide bonds. The molecule has 0 atom stereocenters. The van der Waals surface area contributed by atoms with Crippen LogP contribution < -0.4 is 0 Å². The van der Waals surface area contributed by atoms with Gasteiger partial charge in [0.1, 0.15) is 11.5 Å². The summed E-state index contributed by atoms with van der Waals surface area (Å²) < 4.78 is 18.7. The predicted octanol–water partition coefficient (Wildman–Crippen LogP) is 4.13. The molecule has 18 heavy (non-hydrogen) atoms. The average Bonchev–Trinajstić information content (AvgIpc) is 2.65. The zero-order valence-corrected chi connectivity index (χ0v) is 12.4. The Labute approximate surface area is 120 Å². The summed E-state index contributed by atoms with van der Waals surface area (Å²) in [4.78, 5) is 14.4. The summed E-state index contributed by atoms with van der Waals surface area (Å²) in [5.74, 6) is -0.786. The summed E-state index contributed by atoms with van der Waals surface area (Å²) in [5.41, 5.74) is 1.83. The first-order valence-corrected chi connectivity index (χ1v) is 6.54. The number of H-pyrrole nitrogens is 1. The monoisotopic (exact) mass is 375 g/mol. The van der Waals surface area contributed by atoms with Crippen molar-refractivity contribution in [3.8, 4) is 11.1 Å². The molecule has 0 aliphatic carbocycles. The molecule has 2 aromatic rings. The van der Waals surface area contributed by atoms with E-state index in [4.69, 9.17) is 0 Å². The minimum atomic E-state index is -0.476. The Kier molecular flexibility index (Phi) is 3.87. The smallest absolute Gasteiger partial charge is 0.355 e. The summed E-state index contributed by atoms with van der Waals surface area (Å²) in [6.45, 7) is 0. The van der Waals surface area contributed by atoms with Gasteiger partial charge in [0.05, 0.1) is 16.2 Å². The highest BCUT2D eigenvalue weighted by molar-refractivity contribution is 9.11. The van der Waals surface area contributed by atoms with Crippen LogP contribution in [0.5, 0.6) is 0 Å². The van der Waals surface area contributed by atoms with E-state index in [1.54, 1.807) is 12.1 Å². The van der Waals surface area contributed by atoms with Crippen LogP contribution in [0.3, 0.4) is 0 Å². The molecule has 2 rings (SSSR count). The number of aromatic nitrogens is 1. The number of methoxy groups -OCH3 is 1. The van der Waals surface area contributed by atoms with Crippen molar-refractivity contribution >= 4 is 37.8 Å². The molecule has 0 saturated carbocycles. The van der Waals surface area contributed by atoms with Gasteiger partial charge in [0.2, 0.25) is 0 Å². The summed E-state index contributed by atoms with van der Waals surface area (Å²) in [5, 5.41) is 0. The number of rotatable bonds is 2. The van der Waals surface area contributed by atoms with Gasteiger partial charge in [0.25, 0.3) is 0 Å². The van der Waals surface area contributed by atoms with Crippen molar-refractivity contribution in [2.24, 2.45) is 0 Å². The van der Waals surface area contributed by atoms with Gasteiger partial charge in [-0.15, -0.1) is 0 Å². The molecule has 1 heterocycles. The van der Waals surface area contributed by atoms with Crippen LogP contribution in [0.2, 0.25) is 0 Å². The number of carbonyl (C=O) groups is 1. The first-order chi connectivity index (χ1) is 8.54. The second-order valence-corrected chi connectivity index (χ2v) is 5.09. The van der Waals surface area contributed by atoms with Gasteiger partial charge in [-0.25, -0.2) is 9.18 Å². The summed E-state index contributed by atoms with van der Waals surface area (Å²) in [6, 6.07) is 5.99. The predicted molar refractivity (Wildman–Crippen MR) is 72.9 cm³/mol. The Morgan fingerprint density at radius 1 is 1.28 bits per heavy atom. The standard InChI is InChI=1S/C12H8Br2FNO2/c1-18-12(17)10-9(13)8(11(14)16-10)6-2-4-7(15)5-3-6/h2-5,16H,1H3. The fourth-order valence-corrected chi connectivity index (χ4v) is 3.14. The second kappa shape index (κ2) is 5.24. The summed E-state index contributed by atoms with van der Waals surface area (Å²) in [6.07, 6.45) is 0. The Bertz CT molecular complexity index is 593. The van der Waals surface area contributed by atoms with Crippen LogP contribution in [-0.2, 0) is 4.74 Å². The Balaban J connectivity index is 2.55. The minimum Gasteiger partial charge on any atom is -0.464 e. The molecule has 1 aromatic heterocycles. The Morgan fingerprint density at radius 3 is 2.44 bits per heavy atom. The van der Waals surface area contributed by atoms with E-state index in [-0.39, 0.29) is 5.82 Å². The molecule has 0 fully saturated rings. The highest BCUT2D eigenvalue weighted by Gasteiger charge is 2.20. The molecule has 0 bridgehead atoms. The third kappa shape index (κ3) is 2.35. The first-order valence-electron chi connectivity index (χ1n) is 4.95. The van der Waals surface area contributed by atoms with E-state index in [9.17, 15) is 9.18 Å². The fourth-order valence-electron chi connectivity index (χ4n) is 1.56. The lowest BCUT2D eigenvalue weighted by Gasteiger charge is -2.01. The van der Waals surface area contributed by atoms with Crippen LogP contribution in [0.15, 0.2) is 33.3 Å². The quantitative estimate of drug-likeness (QED) is 0.800. The van der Waals surface area contributed by atoms with E-state index in [2.05, 4.69) is 41.6 Å². The molecule has 0 aliphatic heterocycles. The zero-order valence-electron chi connectivity index (χ0n) is 9.26. The number of hydrogen-bond acceptors (Lipinski definition) is 2. The lowest BCUT2D eigenvalue weighted by Crippen LogP contribution is -2.02. The van der Waals surface area contributed by atoms with E-state index in [0.717, 1.165) is 11.1 Å². The van der Waals surface area contributed by atoms with Crippen molar-refractivity contribution in [2.75, 3.05) is 7.11 Å². The molecule has 0 spiro atoms. The van der Waals surface area contributed by atoms with Gasteiger partial charge < -0.3 is 9.72 Å². The van der Waals surface area contributed by atoms with E-state index in [1.807, 2.05) is 0 Å². The van der Waals surface area contributed by atoms with Crippen LogP contribution in [-0.4, -0.2) is 18.1 Å². The highest BCUT2D eigenvalue weighted by Crippen LogP contribution is 2.37. The van der Waals surface area contributed by atoms with E-state index in [1.165, 1.54) is 19.2 Å². The van der Waals surface area contributed by atoms with Crippen LogP contribution in [0.25, 0.3) is 11.1 Å². The molecule has 3 nitrogen and oxygen atoms in total. The van der Waals surface area contributed by atoms with Crippen molar-refractivity contribution in [1.29, 1.82) is 0 Å². The Morgan fingerprint density at radius 2 is 1.89 bits per heavy atom. The summed E-state index contributed by atoms with van der Waals surface area (Å²) >= 11 is 6.68. The Hall–Kier alpha value is -1.14. The van der Waals surface area contributed by atoms with Crippen molar-refractivity contribution in [2.45, 2.75) is 0 Å².